The van der Waals surface area contributed by atoms with Crippen molar-refractivity contribution in [3.63, 3.8) is 0 Å². The fraction of sp³-hybridized carbons (Fsp3) is 0.167. The van der Waals surface area contributed by atoms with Crippen molar-refractivity contribution in [3.8, 4) is 0 Å². The molecule has 0 aliphatic carbocycles. The number of aliphatic hydroxyl groups is 1. The Balaban J connectivity index is 2.11. The molecule has 0 fully saturated rings. The van der Waals surface area contributed by atoms with Crippen molar-refractivity contribution in [3.05, 3.63) is 58.6 Å². The molecule has 2 aromatic heterocycles. The van der Waals surface area contributed by atoms with Gasteiger partial charge < -0.3 is 5.11 Å². The molecule has 1 atom stereocenters. The third-order valence-electron chi connectivity index (χ3n) is 2.22. The second-order valence-electron chi connectivity index (χ2n) is 3.49. The number of nitrogens with zero attached hydrogens (tertiary/aromatic N) is 2. The Morgan fingerprint density at radius 2 is 2.19 bits per heavy atom. The minimum atomic E-state index is -0.586. The molecule has 0 amide bonds. The van der Waals surface area contributed by atoms with Crippen LogP contribution in [0.3, 0.4) is 0 Å². The van der Waals surface area contributed by atoms with E-state index in [9.17, 15) is 5.11 Å². The van der Waals surface area contributed by atoms with Gasteiger partial charge in [-0.1, -0.05) is 6.07 Å². The van der Waals surface area contributed by atoms with E-state index >= 15 is 0 Å². The van der Waals surface area contributed by atoms with Crippen LogP contribution in [0.1, 0.15) is 17.4 Å². The van der Waals surface area contributed by atoms with Crippen molar-refractivity contribution < 1.29 is 5.11 Å². The molecule has 0 saturated carbocycles. The minimum Gasteiger partial charge on any atom is -0.386 e. The number of hydrogen-bond acceptors (Lipinski definition) is 3. The largest absolute Gasteiger partial charge is 0.386 e. The van der Waals surface area contributed by atoms with Crippen LogP contribution in [0.15, 0.2) is 47.3 Å². The smallest absolute Gasteiger partial charge is 0.1000 e. The van der Waals surface area contributed by atoms with Gasteiger partial charge in [-0.2, -0.15) is 0 Å². The molecule has 1 N–H and O–H groups in total. The highest BCUT2D eigenvalue weighted by Gasteiger charge is 2.09. The Kier molecular flexibility index (Phi) is 3.64. The molecule has 3 nitrogen and oxygen atoms in total. The van der Waals surface area contributed by atoms with E-state index in [0.29, 0.717) is 12.1 Å². The van der Waals surface area contributed by atoms with Gasteiger partial charge in [0.25, 0.3) is 0 Å². The zero-order valence-corrected chi connectivity index (χ0v) is 10.1. The van der Waals surface area contributed by atoms with Gasteiger partial charge in [-0.05, 0) is 39.7 Å². The highest BCUT2D eigenvalue weighted by Crippen LogP contribution is 2.17. The van der Waals surface area contributed by atoms with Crippen LogP contribution in [0.2, 0.25) is 0 Å². The van der Waals surface area contributed by atoms with Gasteiger partial charge in [-0.15, -0.1) is 0 Å². The van der Waals surface area contributed by atoms with Crippen molar-refractivity contribution in [1.29, 1.82) is 0 Å². The molecule has 0 aliphatic rings. The van der Waals surface area contributed by atoms with E-state index in [4.69, 9.17) is 0 Å². The Hall–Kier alpha value is -1.26. The highest BCUT2D eigenvalue weighted by molar-refractivity contribution is 9.10. The zero-order chi connectivity index (χ0) is 11.4. The van der Waals surface area contributed by atoms with Gasteiger partial charge in [-0.25, -0.2) is 0 Å². The molecule has 4 heteroatoms. The molecule has 1 unspecified atom stereocenters. The lowest BCUT2D eigenvalue weighted by Crippen LogP contribution is -2.03. The van der Waals surface area contributed by atoms with Crippen LogP contribution >= 0.6 is 15.9 Å². The Bertz CT molecular complexity index is 462. The predicted octanol–water partition coefficient (Wildman–Crippen LogP) is 2.52. The number of pyridine rings is 2. The summed E-state index contributed by atoms with van der Waals surface area (Å²) >= 11 is 3.35. The first-order chi connectivity index (χ1) is 7.75. The van der Waals surface area contributed by atoms with Crippen LogP contribution in [0.5, 0.6) is 0 Å². The lowest BCUT2D eigenvalue weighted by atomic mass is 10.1. The number of aliphatic hydroxyl groups excluding tert-OH is 1. The monoisotopic (exact) mass is 278 g/mol. The van der Waals surface area contributed by atoms with Crippen molar-refractivity contribution in [2.24, 2.45) is 0 Å². The van der Waals surface area contributed by atoms with Gasteiger partial charge in [-0.3, -0.25) is 9.97 Å². The third kappa shape index (κ3) is 2.87. The van der Waals surface area contributed by atoms with Crippen molar-refractivity contribution in [2.75, 3.05) is 0 Å². The molecular formula is C12H11BrN2O. The summed E-state index contributed by atoms with van der Waals surface area (Å²) in [6.45, 7) is 0. The molecule has 0 bridgehead atoms. The van der Waals surface area contributed by atoms with Crippen LogP contribution in [-0.4, -0.2) is 15.1 Å². The molecule has 0 aromatic carbocycles. The number of halogens is 1. The normalized spacial score (nSPS) is 12.4. The predicted molar refractivity (Wildman–Crippen MR) is 64.8 cm³/mol. The second kappa shape index (κ2) is 5.18. The number of rotatable bonds is 3. The summed E-state index contributed by atoms with van der Waals surface area (Å²) < 4.78 is 0.915. The van der Waals surface area contributed by atoms with Crippen molar-refractivity contribution in [2.45, 2.75) is 12.5 Å². The highest BCUT2D eigenvalue weighted by atomic mass is 79.9. The number of aromatic nitrogens is 2. The second-order valence-corrected chi connectivity index (χ2v) is 4.40. The van der Waals surface area contributed by atoms with E-state index in [0.717, 1.165) is 10.0 Å². The SMILES string of the molecule is OC(Cc1cncc(Br)c1)c1ccccn1. The quantitative estimate of drug-likeness (QED) is 0.939. The fourth-order valence-corrected chi connectivity index (χ4v) is 1.88. The maximum Gasteiger partial charge on any atom is 0.1000 e. The van der Waals surface area contributed by atoms with Crippen LogP contribution in [0, 0.1) is 0 Å². The topological polar surface area (TPSA) is 46.0 Å². The average Bonchev–Trinajstić information content (AvgIpc) is 2.30. The van der Waals surface area contributed by atoms with Gasteiger partial charge in [0, 0.05) is 29.5 Å². The van der Waals surface area contributed by atoms with E-state index in [1.54, 1.807) is 18.6 Å². The zero-order valence-electron chi connectivity index (χ0n) is 8.55. The van der Waals surface area contributed by atoms with Gasteiger partial charge in [0.15, 0.2) is 0 Å². The first kappa shape index (κ1) is 11.2. The minimum absolute atomic E-state index is 0.517. The van der Waals surface area contributed by atoms with E-state index in [1.165, 1.54) is 0 Å². The van der Waals surface area contributed by atoms with Gasteiger partial charge >= 0.3 is 0 Å². The van der Waals surface area contributed by atoms with Crippen molar-refractivity contribution >= 4 is 15.9 Å². The lowest BCUT2D eigenvalue weighted by molar-refractivity contribution is 0.173. The molecular weight excluding hydrogens is 268 g/mol. The van der Waals surface area contributed by atoms with E-state index in [1.807, 2.05) is 24.3 Å². The van der Waals surface area contributed by atoms with Gasteiger partial charge in [0.2, 0.25) is 0 Å². The maximum atomic E-state index is 9.96. The number of hydrogen-bond donors (Lipinski definition) is 1. The van der Waals surface area contributed by atoms with Gasteiger partial charge in [0.1, 0.15) is 0 Å². The molecule has 2 heterocycles. The van der Waals surface area contributed by atoms with Crippen LogP contribution in [-0.2, 0) is 6.42 Å². The van der Waals surface area contributed by atoms with E-state index in [-0.39, 0.29) is 0 Å². The molecule has 0 saturated heterocycles. The maximum absolute atomic E-state index is 9.96. The van der Waals surface area contributed by atoms with Gasteiger partial charge in [0.05, 0.1) is 11.8 Å². The van der Waals surface area contributed by atoms with Crippen LogP contribution in [0.25, 0.3) is 0 Å². The molecule has 82 valence electrons. The summed E-state index contributed by atoms with van der Waals surface area (Å²) in [5.41, 5.74) is 1.66. The van der Waals surface area contributed by atoms with Crippen LogP contribution < -0.4 is 0 Å². The Labute approximate surface area is 102 Å². The average molecular weight is 279 g/mol. The summed E-state index contributed by atoms with van der Waals surface area (Å²) in [4.78, 5) is 8.17. The Morgan fingerprint density at radius 3 is 2.88 bits per heavy atom. The first-order valence-electron chi connectivity index (χ1n) is 4.94. The van der Waals surface area contributed by atoms with E-state index in [2.05, 4.69) is 25.9 Å². The third-order valence-corrected chi connectivity index (χ3v) is 2.65. The summed E-state index contributed by atoms with van der Waals surface area (Å²) in [6.07, 6.45) is 5.08. The fourth-order valence-electron chi connectivity index (χ4n) is 1.47. The molecule has 0 aliphatic heterocycles. The summed E-state index contributed by atoms with van der Waals surface area (Å²) in [7, 11) is 0. The standard InChI is InChI=1S/C12H11BrN2O/c13-10-5-9(7-14-8-10)6-12(16)11-3-1-2-4-15-11/h1-5,7-8,12,16H,6H2. The Morgan fingerprint density at radius 1 is 1.31 bits per heavy atom. The summed E-state index contributed by atoms with van der Waals surface area (Å²) in [5.74, 6) is 0. The van der Waals surface area contributed by atoms with Crippen LogP contribution in [0.4, 0.5) is 0 Å². The molecule has 0 radical (unpaired) electrons. The lowest BCUT2D eigenvalue weighted by Gasteiger charge is -2.09. The molecule has 16 heavy (non-hydrogen) atoms. The molecule has 2 aromatic rings. The molecule has 2 rings (SSSR count). The van der Waals surface area contributed by atoms with Crippen molar-refractivity contribution in [1.82, 2.24) is 9.97 Å². The van der Waals surface area contributed by atoms with E-state index < -0.39 is 6.10 Å². The first-order valence-corrected chi connectivity index (χ1v) is 5.73. The summed E-state index contributed by atoms with van der Waals surface area (Å²) in [5, 5.41) is 9.96. The molecule has 0 spiro atoms. The summed E-state index contributed by atoms with van der Waals surface area (Å²) in [6, 6.07) is 7.46.